The van der Waals surface area contributed by atoms with E-state index in [4.69, 9.17) is 0 Å². The van der Waals surface area contributed by atoms with Crippen LogP contribution in [-0.4, -0.2) is 38.7 Å². The lowest BCUT2D eigenvalue weighted by atomic mass is 9.95. The fraction of sp³-hybridized carbons (Fsp3) is 0.467. The van der Waals surface area contributed by atoms with Gasteiger partial charge in [0.25, 0.3) is 5.56 Å². The third-order valence-electron chi connectivity index (χ3n) is 3.79. The molecule has 0 bridgehead atoms. The summed E-state index contributed by atoms with van der Waals surface area (Å²) in [5.74, 6) is 0.659. The van der Waals surface area contributed by atoms with Crippen molar-refractivity contribution in [2.45, 2.75) is 31.9 Å². The lowest BCUT2D eigenvalue weighted by Gasteiger charge is -2.36. The summed E-state index contributed by atoms with van der Waals surface area (Å²) < 4.78 is 0. The van der Waals surface area contributed by atoms with Crippen LogP contribution in [0.1, 0.15) is 25.6 Å². The number of β-amino-alcohol motifs (C(OH)–C–C–N with tert-alkyl or cyclic N) is 1. The Hall–Kier alpha value is -1.72. The van der Waals surface area contributed by atoms with Gasteiger partial charge in [0, 0.05) is 6.54 Å². The summed E-state index contributed by atoms with van der Waals surface area (Å²) in [6.07, 6.45) is 1.79. The van der Waals surface area contributed by atoms with Crippen molar-refractivity contribution in [3.8, 4) is 0 Å². The maximum absolute atomic E-state index is 12.0. The summed E-state index contributed by atoms with van der Waals surface area (Å²) in [6, 6.07) is 7.34. The minimum Gasteiger partial charge on any atom is -0.389 e. The maximum Gasteiger partial charge on any atom is 0.258 e. The molecule has 2 N–H and O–H groups in total. The number of para-hydroxylation sites is 1. The topological polar surface area (TPSA) is 69.2 Å². The molecule has 106 valence electrons. The van der Waals surface area contributed by atoms with Gasteiger partial charge in [-0.15, -0.1) is 0 Å². The highest BCUT2D eigenvalue weighted by Crippen LogP contribution is 2.21. The number of rotatable bonds is 2. The first-order valence-electron chi connectivity index (χ1n) is 6.96. The van der Waals surface area contributed by atoms with Crippen molar-refractivity contribution in [1.29, 1.82) is 0 Å². The molecule has 0 spiro atoms. The molecule has 1 aliphatic rings. The molecule has 2 aromatic rings. The predicted octanol–water partition coefficient (Wildman–Crippen LogP) is 1.27. The Bertz CT molecular complexity index is 678. The Kier molecular flexibility index (Phi) is 3.31. The number of H-pyrrole nitrogens is 1. The first-order valence-corrected chi connectivity index (χ1v) is 6.96. The summed E-state index contributed by atoms with van der Waals surface area (Å²) >= 11 is 0. The molecule has 1 aromatic carbocycles. The molecule has 0 saturated carbocycles. The molecule has 5 heteroatoms. The summed E-state index contributed by atoms with van der Waals surface area (Å²) in [7, 11) is 0. The second-order valence-corrected chi connectivity index (χ2v) is 5.84. The highest BCUT2D eigenvalue weighted by Gasteiger charge is 2.28. The van der Waals surface area contributed by atoms with E-state index in [1.165, 1.54) is 0 Å². The monoisotopic (exact) mass is 273 g/mol. The molecule has 1 aromatic heterocycles. The smallest absolute Gasteiger partial charge is 0.258 e. The number of aromatic amines is 1. The first-order chi connectivity index (χ1) is 9.53. The minimum atomic E-state index is -0.643. The number of nitrogens with zero attached hydrogens (tertiary/aromatic N) is 2. The van der Waals surface area contributed by atoms with E-state index in [9.17, 15) is 9.90 Å². The SMILES string of the molecule is CC1(O)CCCN(Cc2nc3ccccc3c(=O)[nH]2)C1. The molecule has 20 heavy (non-hydrogen) atoms. The largest absolute Gasteiger partial charge is 0.389 e. The summed E-state index contributed by atoms with van der Waals surface area (Å²) in [5, 5.41) is 10.7. The van der Waals surface area contributed by atoms with Crippen molar-refractivity contribution in [2.75, 3.05) is 13.1 Å². The fourth-order valence-corrected chi connectivity index (χ4v) is 2.88. The average molecular weight is 273 g/mol. The van der Waals surface area contributed by atoms with Crippen LogP contribution >= 0.6 is 0 Å². The second-order valence-electron chi connectivity index (χ2n) is 5.84. The van der Waals surface area contributed by atoms with E-state index in [2.05, 4.69) is 14.9 Å². The van der Waals surface area contributed by atoms with Crippen LogP contribution in [0.2, 0.25) is 0 Å². The van der Waals surface area contributed by atoms with Crippen LogP contribution in [0.4, 0.5) is 0 Å². The molecule has 2 heterocycles. The van der Waals surface area contributed by atoms with Crippen LogP contribution in [0.3, 0.4) is 0 Å². The highest BCUT2D eigenvalue weighted by atomic mass is 16.3. The van der Waals surface area contributed by atoms with Gasteiger partial charge in [0.2, 0.25) is 0 Å². The Morgan fingerprint density at radius 3 is 3.05 bits per heavy atom. The van der Waals surface area contributed by atoms with Gasteiger partial charge < -0.3 is 10.1 Å². The molecule has 0 amide bonds. The van der Waals surface area contributed by atoms with E-state index in [0.717, 1.165) is 24.9 Å². The molecular formula is C15H19N3O2. The van der Waals surface area contributed by atoms with Gasteiger partial charge in [0.1, 0.15) is 5.82 Å². The molecule has 3 rings (SSSR count). The lowest BCUT2D eigenvalue weighted by molar-refractivity contribution is -0.0188. The van der Waals surface area contributed by atoms with Gasteiger partial charge >= 0.3 is 0 Å². The molecule has 0 radical (unpaired) electrons. The third-order valence-corrected chi connectivity index (χ3v) is 3.79. The second kappa shape index (κ2) is 5.00. The number of aliphatic hydroxyl groups is 1. The van der Waals surface area contributed by atoms with E-state index in [-0.39, 0.29) is 5.56 Å². The molecule has 1 atom stereocenters. The first kappa shape index (κ1) is 13.3. The number of benzene rings is 1. The summed E-state index contributed by atoms with van der Waals surface area (Å²) in [5.41, 5.74) is -0.0283. The van der Waals surface area contributed by atoms with E-state index in [0.29, 0.717) is 24.3 Å². The molecule has 1 fully saturated rings. The van der Waals surface area contributed by atoms with Crippen LogP contribution in [0, 0.1) is 0 Å². The van der Waals surface area contributed by atoms with E-state index < -0.39 is 5.60 Å². The molecule has 5 nitrogen and oxygen atoms in total. The minimum absolute atomic E-state index is 0.102. The van der Waals surface area contributed by atoms with Crippen molar-refractivity contribution in [1.82, 2.24) is 14.9 Å². The van der Waals surface area contributed by atoms with E-state index >= 15 is 0 Å². The summed E-state index contributed by atoms with van der Waals surface area (Å²) in [4.78, 5) is 21.5. The third kappa shape index (κ3) is 2.73. The van der Waals surface area contributed by atoms with Crippen molar-refractivity contribution >= 4 is 10.9 Å². The van der Waals surface area contributed by atoms with Crippen LogP contribution in [0.25, 0.3) is 10.9 Å². The Morgan fingerprint density at radius 2 is 2.25 bits per heavy atom. The zero-order chi connectivity index (χ0) is 14.2. The average Bonchev–Trinajstić information content (AvgIpc) is 2.37. The lowest BCUT2D eigenvalue weighted by Crippen LogP contribution is -2.45. The van der Waals surface area contributed by atoms with Gasteiger partial charge in [-0.3, -0.25) is 9.69 Å². The van der Waals surface area contributed by atoms with Gasteiger partial charge in [-0.05, 0) is 38.4 Å². The number of hydrogen-bond acceptors (Lipinski definition) is 4. The molecule has 0 aliphatic carbocycles. The Balaban J connectivity index is 1.86. The molecular weight excluding hydrogens is 254 g/mol. The normalized spacial score (nSPS) is 24.1. The van der Waals surface area contributed by atoms with Crippen molar-refractivity contribution in [3.05, 3.63) is 40.4 Å². The maximum atomic E-state index is 12.0. The van der Waals surface area contributed by atoms with Gasteiger partial charge in [-0.2, -0.15) is 0 Å². The van der Waals surface area contributed by atoms with Crippen LogP contribution in [0.5, 0.6) is 0 Å². The van der Waals surface area contributed by atoms with Gasteiger partial charge in [-0.25, -0.2) is 4.98 Å². The molecule has 1 saturated heterocycles. The summed E-state index contributed by atoms with van der Waals surface area (Å²) in [6.45, 7) is 3.96. The quantitative estimate of drug-likeness (QED) is 0.864. The highest BCUT2D eigenvalue weighted by molar-refractivity contribution is 5.77. The number of nitrogens with one attached hydrogen (secondary N) is 1. The molecule has 1 unspecified atom stereocenters. The predicted molar refractivity (Wildman–Crippen MR) is 77.5 cm³/mol. The number of likely N-dealkylation sites (tertiary alicyclic amines) is 1. The van der Waals surface area contributed by atoms with Crippen LogP contribution in [-0.2, 0) is 6.54 Å². The zero-order valence-electron chi connectivity index (χ0n) is 11.6. The van der Waals surface area contributed by atoms with Gasteiger partial charge in [-0.1, -0.05) is 12.1 Å². The van der Waals surface area contributed by atoms with Crippen LogP contribution < -0.4 is 5.56 Å². The van der Waals surface area contributed by atoms with E-state index in [1.807, 2.05) is 25.1 Å². The standard InChI is InChI=1S/C15H19N3O2/c1-15(20)7-4-8-18(10-15)9-13-16-12-6-3-2-5-11(12)14(19)17-13/h2-3,5-6,20H,4,7-10H2,1H3,(H,16,17,19). The van der Waals surface area contributed by atoms with Gasteiger partial charge in [0.15, 0.2) is 0 Å². The Morgan fingerprint density at radius 1 is 1.45 bits per heavy atom. The number of aromatic nitrogens is 2. The van der Waals surface area contributed by atoms with E-state index in [1.54, 1.807) is 6.07 Å². The van der Waals surface area contributed by atoms with Crippen molar-refractivity contribution in [2.24, 2.45) is 0 Å². The fourth-order valence-electron chi connectivity index (χ4n) is 2.88. The number of piperidine rings is 1. The number of hydrogen-bond donors (Lipinski definition) is 2. The zero-order valence-corrected chi connectivity index (χ0v) is 11.6. The molecule has 1 aliphatic heterocycles. The van der Waals surface area contributed by atoms with Gasteiger partial charge in [0.05, 0.1) is 23.0 Å². The van der Waals surface area contributed by atoms with Crippen LogP contribution in [0.15, 0.2) is 29.1 Å². The Labute approximate surface area is 117 Å². The van der Waals surface area contributed by atoms with Crippen molar-refractivity contribution < 1.29 is 5.11 Å². The number of fused-ring (bicyclic) bond motifs is 1. The van der Waals surface area contributed by atoms with Crippen molar-refractivity contribution in [3.63, 3.8) is 0 Å².